The Morgan fingerprint density at radius 2 is 2.11 bits per heavy atom. The molecular formula is C14H25N5. The van der Waals surface area contributed by atoms with Gasteiger partial charge < -0.3 is 15.5 Å². The van der Waals surface area contributed by atoms with Gasteiger partial charge in [0.15, 0.2) is 0 Å². The van der Waals surface area contributed by atoms with Crippen LogP contribution in [0.25, 0.3) is 0 Å². The number of hydrogen-bond donors (Lipinski definition) is 1. The molecule has 0 aliphatic carbocycles. The number of nitrogens with two attached hydrogens (primary N) is 1. The highest BCUT2D eigenvalue weighted by molar-refractivity contribution is 5.57. The Labute approximate surface area is 115 Å². The average Bonchev–Trinajstić information content (AvgIpc) is 2.83. The summed E-state index contributed by atoms with van der Waals surface area (Å²) in [6.07, 6.45) is 3.12. The molecule has 2 rings (SSSR count). The van der Waals surface area contributed by atoms with Crippen molar-refractivity contribution in [2.45, 2.75) is 39.2 Å². The van der Waals surface area contributed by atoms with Gasteiger partial charge in [0.25, 0.3) is 0 Å². The van der Waals surface area contributed by atoms with E-state index in [1.54, 1.807) is 0 Å². The van der Waals surface area contributed by atoms with Crippen LogP contribution >= 0.6 is 0 Å². The van der Waals surface area contributed by atoms with Crippen LogP contribution in [0, 0.1) is 6.92 Å². The Morgan fingerprint density at radius 3 is 2.68 bits per heavy atom. The van der Waals surface area contributed by atoms with E-state index in [-0.39, 0.29) is 0 Å². The first-order valence-electron chi connectivity index (χ1n) is 7.07. The molecule has 0 radical (unpaired) electrons. The Hall–Kier alpha value is -1.36. The molecule has 2 heterocycles. The van der Waals surface area contributed by atoms with Gasteiger partial charge in [-0.3, -0.25) is 0 Å². The van der Waals surface area contributed by atoms with Crippen LogP contribution < -0.4 is 10.6 Å². The van der Waals surface area contributed by atoms with Gasteiger partial charge in [0.2, 0.25) is 0 Å². The number of aryl methyl sites for hydroxylation is 1. The monoisotopic (exact) mass is 263 g/mol. The maximum atomic E-state index is 6.03. The fourth-order valence-corrected chi connectivity index (χ4v) is 2.57. The van der Waals surface area contributed by atoms with Crippen LogP contribution in [0.1, 0.15) is 31.2 Å². The maximum Gasteiger partial charge on any atom is 0.137 e. The Balaban J connectivity index is 2.24. The molecule has 1 unspecified atom stereocenters. The zero-order valence-corrected chi connectivity index (χ0v) is 12.5. The van der Waals surface area contributed by atoms with Crippen molar-refractivity contribution in [1.29, 1.82) is 0 Å². The number of rotatable bonds is 4. The molecule has 2 N–H and O–H groups in total. The summed E-state index contributed by atoms with van der Waals surface area (Å²) in [5.74, 6) is 2.52. The fraction of sp³-hybridized carbons (Fsp3) is 0.714. The van der Waals surface area contributed by atoms with Crippen molar-refractivity contribution in [3.05, 3.63) is 11.4 Å². The summed E-state index contributed by atoms with van der Waals surface area (Å²) in [5, 5.41) is 0. The van der Waals surface area contributed by atoms with E-state index in [4.69, 9.17) is 10.7 Å². The molecule has 1 aliphatic heterocycles. The number of anilines is 2. The van der Waals surface area contributed by atoms with Crippen molar-refractivity contribution in [2.24, 2.45) is 0 Å². The van der Waals surface area contributed by atoms with Crippen molar-refractivity contribution in [2.75, 3.05) is 37.8 Å². The van der Waals surface area contributed by atoms with Crippen LogP contribution in [0.3, 0.4) is 0 Å². The fourth-order valence-electron chi connectivity index (χ4n) is 2.57. The highest BCUT2D eigenvalue weighted by Gasteiger charge is 2.26. The predicted molar refractivity (Wildman–Crippen MR) is 79.5 cm³/mol. The lowest BCUT2D eigenvalue weighted by Crippen LogP contribution is -2.32. The van der Waals surface area contributed by atoms with E-state index in [9.17, 15) is 0 Å². The van der Waals surface area contributed by atoms with Gasteiger partial charge in [-0.2, -0.15) is 0 Å². The van der Waals surface area contributed by atoms with E-state index in [1.807, 2.05) is 6.92 Å². The zero-order valence-electron chi connectivity index (χ0n) is 12.5. The first kappa shape index (κ1) is 14.1. The standard InChI is InChI=1S/C14H25N5/c1-5-6-12-16-13(15)10(2)14(17-12)19-8-7-11(9-19)18(3)4/h11H,5-9H2,1-4H3,(H2,15,16,17). The van der Waals surface area contributed by atoms with E-state index < -0.39 is 0 Å². The van der Waals surface area contributed by atoms with Gasteiger partial charge >= 0.3 is 0 Å². The molecule has 1 aromatic heterocycles. The maximum absolute atomic E-state index is 6.03. The van der Waals surface area contributed by atoms with E-state index in [2.05, 4.69) is 35.8 Å². The number of likely N-dealkylation sites (N-methyl/N-ethyl adjacent to an activating group) is 1. The van der Waals surface area contributed by atoms with Crippen LogP contribution in [-0.4, -0.2) is 48.1 Å². The van der Waals surface area contributed by atoms with Crippen molar-refractivity contribution in [3.63, 3.8) is 0 Å². The van der Waals surface area contributed by atoms with Crippen LogP contribution in [0.15, 0.2) is 0 Å². The van der Waals surface area contributed by atoms with E-state index in [1.165, 1.54) is 6.42 Å². The minimum absolute atomic E-state index is 0.602. The van der Waals surface area contributed by atoms with Crippen molar-refractivity contribution < 1.29 is 0 Å². The minimum Gasteiger partial charge on any atom is -0.383 e. The first-order chi connectivity index (χ1) is 9.02. The molecule has 0 amide bonds. The second-order valence-electron chi connectivity index (χ2n) is 5.58. The molecule has 5 heteroatoms. The van der Waals surface area contributed by atoms with Crippen molar-refractivity contribution in [1.82, 2.24) is 14.9 Å². The third kappa shape index (κ3) is 2.97. The lowest BCUT2D eigenvalue weighted by Gasteiger charge is -2.23. The smallest absolute Gasteiger partial charge is 0.137 e. The Kier molecular flexibility index (Phi) is 4.24. The molecule has 0 saturated carbocycles. The Bertz CT molecular complexity index is 444. The van der Waals surface area contributed by atoms with Crippen molar-refractivity contribution in [3.8, 4) is 0 Å². The quantitative estimate of drug-likeness (QED) is 0.891. The summed E-state index contributed by atoms with van der Waals surface area (Å²) in [4.78, 5) is 13.7. The number of aromatic nitrogens is 2. The van der Waals surface area contributed by atoms with Crippen LogP contribution in [0.2, 0.25) is 0 Å². The topological polar surface area (TPSA) is 58.3 Å². The van der Waals surface area contributed by atoms with Gasteiger partial charge in [-0.1, -0.05) is 6.92 Å². The summed E-state index contributed by atoms with van der Waals surface area (Å²) in [7, 11) is 4.27. The summed E-state index contributed by atoms with van der Waals surface area (Å²) in [6, 6.07) is 0.602. The summed E-state index contributed by atoms with van der Waals surface area (Å²) in [5.41, 5.74) is 7.04. The van der Waals surface area contributed by atoms with Crippen molar-refractivity contribution >= 4 is 11.6 Å². The van der Waals surface area contributed by atoms with Gasteiger partial charge in [-0.15, -0.1) is 0 Å². The summed E-state index contributed by atoms with van der Waals surface area (Å²) in [6.45, 7) is 6.22. The second-order valence-corrected chi connectivity index (χ2v) is 5.58. The number of hydrogen-bond acceptors (Lipinski definition) is 5. The van der Waals surface area contributed by atoms with Gasteiger partial charge in [-0.25, -0.2) is 9.97 Å². The lowest BCUT2D eigenvalue weighted by atomic mass is 10.2. The molecular weight excluding hydrogens is 238 g/mol. The van der Waals surface area contributed by atoms with Gasteiger partial charge in [-0.05, 0) is 33.9 Å². The summed E-state index contributed by atoms with van der Waals surface area (Å²) < 4.78 is 0. The second kappa shape index (κ2) is 5.74. The van der Waals surface area contributed by atoms with Crippen LogP contribution in [0.5, 0.6) is 0 Å². The molecule has 1 aliphatic rings. The first-order valence-corrected chi connectivity index (χ1v) is 7.07. The molecule has 5 nitrogen and oxygen atoms in total. The van der Waals surface area contributed by atoms with E-state index >= 15 is 0 Å². The molecule has 19 heavy (non-hydrogen) atoms. The molecule has 0 bridgehead atoms. The largest absolute Gasteiger partial charge is 0.383 e. The molecule has 1 fully saturated rings. The molecule has 0 spiro atoms. The highest BCUT2D eigenvalue weighted by atomic mass is 15.3. The zero-order chi connectivity index (χ0) is 14.0. The Morgan fingerprint density at radius 1 is 1.37 bits per heavy atom. The lowest BCUT2D eigenvalue weighted by molar-refractivity contribution is 0.315. The van der Waals surface area contributed by atoms with Crippen LogP contribution in [-0.2, 0) is 6.42 Å². The normalized spacial score (nSPS) is 19.4. The van der Waals surface area contributed by atoms with E-state index in [0.29, 0.717) is 11.9 Å². The predicted octanol–water partition coefficient (Wildman–Crippen LogP) is 1.46. The third-order valence-corrected chi connectivity index (χ3v) is 3.87. The third-order valence-electron chi connectivity index (χ3n) is 3.87. The molecule has 0 aromatic carbocycles. The molecule has 1 atom stereocenters. The van der Waals surface area contributed by atoms with Gasteiger partial charge in [0.05, 0.1) is 0 Å². The molecule has 106 valence electrons. The molecule has 1 saturated heterocycles. The average molecular weight is 263 g/mol. The van der Waals surface area contributed by atoms with Crippen LogP contribution in [0.4, 0.5) is 11.6 Å². The molecule has 1 aromatic rings. The highest BCUT2D eigenvalue weighted by Crippen LogP contribution is 2.26. The SMILES string of the molecule is CCCc1nc(N)c(C)c(N2CCC(N(C)C)C2)n1. The van der Waals surface area contributed by atoms with Gasteiger partial charge in [0.1, 0.15) is 17.5 Å². The minimum atomic E-state index is 0.602. The number of nitrogen functional groups attached to an aromatic ring is 1. The van der Waals surface area contributed by atoms with E-state index in [0.717, 1.165) is 43.1 Å². The summed E-state index contributed by atoms with van der Waals surface area (Å²) >= 11 is 0. The number of nitrogens with zero attached hydrogens (tertiary/aromatic N) is 4. The van der Waals surface area contributed by atoms with Gasteiger partial charge in [0, 0.05) is 31.1 Å².